The summed E-state index contributed by atoms with van der Waals surface area (Å²) in [6, 6.07) is 7.69. The van der Waals surface area contributed by atoms with Gasteiger partial charge in [0.25, 0.3) is 0 Å². The summed E-state index contributed by atoms with van der Waals surface area (Å²) in [6.45, 7) is 0. The van der Waals surface area contributed by atoms with Gasteiger partial charge in [-0.2, -0.15) is 0 Å². The van der Waals surface area contributed by atoms with Gasteiger partial charge >= 0.3 is 0 Å². The van der Waals surface area contributed by atoms with Gasteiger partial charge in [0.2, 0.25) is 0 Å². The van der Waals surface area contributed by atoms with Crippen LogP contribution in [0.2, 0.25) is 5.02 Å². The molecule has 3 heteroatoms. The van der Waals surface area contributed by atoms with Crippen LogP contribution in [-0.4, -0.2) is 10.2 Å². The predicted octanol–water partition coefficient (Wildman–Crippen LogP) is 1.94. The van der Waals surface area contributed by atoms with Crippen LogP contribution in [0.3, 0.4) is 0 Å². The van der Waals surface area contributed by atoms with E-state index in [1.807, 2.05) is 24.3 Å². The second kappa shape index (κ2) is 3.42. The molecule has 1 atom stereocenters. The molecule has 1 aromatic rings. The molecule has 1 aromatic carbocycles. The summed E-state index contributed by atoms with van der Waals surface area (Å²) in [7, 11) is 0.936. The molecule has 10 heavy (non-hydrogen) atoms. The van der Waals surface area contributed by atoms with Gasteiger partial charge in [0.05, 0.1) is 0 Å². The van der Waals surface area contributed by atoms with Crippen LogP contribution < -0.4 is 0 Å². The van der Waals surface area contributed by atoms with Gasteiger partial charge in [0, 0.05) is 20.3 Å². The Morgan fingerprint density at radius 2 is 1.90 bits per heavy atom. The summed E-state index contributed by atoms with van der Waals surface area (Å²) in [5, 5.41) is 0.909. The van der Waals surface area contributed by atoms with Crippen LogP contribution in [0.1, 0.15) is 10.6 Å². The molecule has 0 radical (unpaired) electrons. The van der Waals surface area contributed by atoms with Crippen LogP contribution in [-0.2, 0) is 0 Å². The second-order valence-corrected chi connectivity index (χ2v) is 5.09. The van der Waals surface area contributed by atoms with Gasteiger partial charge in [-0.05, 0) is 11.6 Å². The van der Waals surface area contributed by atoms with Crippen LogP contribution in [0.4, 0.5) is 0 Å². The molecular weight excluding hydrogens is 183 g/mol. The minimum Gasteiger partial charge on any atom is -0.123 e. The average molecular weight is 191 g/mol. The van der Waals surface area contributed by atoms with Crippen molar-refractivity contribution in [3.63, 3.8) is 0 Å². The lowest BCUT2D eigenvalue weighted by Gasteiger charge is -2.03. The van der Waals surface area contributed by atoms with E-state index in [9.17, 15) is 0 Å². The lowest BCUT2D eigenvalue weighted by molar-refractivity contribution is 1.35. The summed E-state index contributed by atoms with van der Waals surface area (Å²) < 4.78 is 0. The number of alkyl halides is 1. The molecule has 0 N–H and O–H groups in total. The first-order valence-corrected chi connectivity index (χ1v) is 5.07. The highest BCUT2D eigenvalue weighted by Gasteiger charge is 2.03. The molecule has 0 aliphatic carbocycles. The van der Waals surface area contributed by atoms with Crippen molar-refractivity contribution in [1.82, 2.24) is 0 Å². The molecule has 0 aliphatic heterocycles. The number of benzene rings is 1. The predicted molar refractivity (Wildman–Crippen MR) is 50.0 cm³/mol. The average Bonchev–Trinajstić information content (AvgIpc) is 1.88. The van der Waals surface area contributed by atoms with Crippen LogP contribution in [0.15, 0.2) is 24.3 Å². The van der Waals surface area contributed by atoms with Crippen LogP contribution in [0.25, 0.3) is 0 Å². The quantitative estimate of drug-likeness (QED) is 0.470. The Hall–Kier alpha value is 0.0169. The van der Waals surface area contributed by atoms with E-state index in [0.717, 1.165) is 20.8 Å². The minimum absolute atomic E-state index is 0.133. The highest BCUT2D eigenvalue weighted by atomic mass is 35.5. The molecule has 0 aliphatic rings. The zero-order chi connectivity index (χ0) is 7.56. The van der Waals surface area contributed by atoms with Crippen molar-refractivity contribution in [2.45, 2.75) is 5.00 Å². The topological polar surface area (TPSA) is 0 Å². The molecule has 54 valence electrons. The highest BCUT2D eigenvalue weighted by Crippen LogP contribution is 2.24. The van der Waals surface area contributed by atoms with Gasteiger partial charge in [0.1, 0.15) is 0 Å². The van der Waals surface area contributed by atoms with E-state index in [1.54, 1.807) is 0 Å². The maximum absolute atomic E-state index is 5.89. The Morgan fingerprint density at radius 3 is 2.30 bits per heavy atom. The Labute approximate surface area is 73.6 Å². The first-order chi connectivity index (χ1) is 4.72. The van der Waals surface area contributed by atoms with Gasteiger partial charge in [0.15, 0.2) is 0 Å². The Morgan fingerprint density at radius 1 is 1.30 bits per heavy atom. The Bertz CT molecular complexity index is 223. The van der Waals surface area contributed by atoms with Gasteiger partial charge in [-0.3, -0.25) is 0 Å². The molecule has 0 aromatic heterocycles. The van der Waals surface area contributed by atoms with Crippen molar-refractivity contribution >= 4 is 33.4 Å². The summed E-state index contributed by atoms with van der Waals surface area (Å²) in [6.07, 6.45) is 0. The van der Waals surface area contributed by atoms with Crippen molar-refractivity contribution in [3.05, 3.63) is 34.9 Å². The molecular formula is C7H8Cl2Si. The smallest absolute Gasteiger partial charge is 0.0449 e. The minimum atomic E-state index is 0.133. The molecule has 0 amide bonds. The molecule has 0 heterocycles. The first-order valence-electron chi connectivity index (χ1n) is 3.10. The highest BCUT2D eigenvalue weighted by molar-refractivity contribution is 6.42. The van der Waals surface area contributed by atoms with Gasteiger partial charge in [-0.25, -0.2) is 0 Å². The summed E-state index contributed by atoms with van der Waals surface area (Å²) >= 11 is 11.7. The van der Waals surface area contributed by atoms with E-state index >= 15 is 0 Å². The molecule has 1 rings (SSSR count). The normalized spacial score (nSPS) is 13.4. The maximum atomic E-state index is 5.89. The van der Waals surface area contributed by atoms with Crippen LogP contribution in [0.5, 0.6) is 0 Å². The molecule has 0 saturated heterocycles. The zero-order valence-electron chi connectivity index (χ0n) is 5.64. The van der Waals surface area contributed by atoms with Gasteiger partial charge in [-0.15, -0.1) is 11.6 Å². The third-order valence-electron chi connectivity index (χ3n) is 1.33. The number of rotatable bonds is 1. The van der Waals surface area contributed by atoms with Crippen LogP contribution >= 0.6 is 23.2 Å². The fraction of sp³-hybridized carbons (Fsp3) is 0.143. The third-order valence-corrected chi connectivity index (χ3v) is 2.54. The van der Waals surface area contributed by atoms with Crippen molar-refractivity contribution in [2.24, 2.45) is 0 Å². The van der Waals surface area contributed by atoms with Gasteiger partial charge in [-0.1, -0.05) is 29.8 Å². The fourth-order valence-electron chi connectivity index (χ4n) is 0.798. The first kappa shape index (κ1) is 8.12. The number of halogens is 2. The number of hydrogen-bond acceptors (Lipinski definition) is 0. The standard InChI is InChI=1S/C7H8Cl2Si/c8-6-4-2-1-3-5(6)7(9)10/h1-4,7H,10H3. The summed E-state index contributed by atoms with van der Waals surface area (Å²) in [4.78, 5) is 0. The lowest BCUT2D eigenvalue weighted by atomic mass is 10.2. The maximum Gasteiger partial charge on any atom is 0.0449 e. The van der Waals surface area contributed by atoms with Crippen molar-refractivity contribution in [1.29, 1.82) is 0 Å². The SMILES string of the molecule is [SiH3]C(Cl)c1ccccc1Cl. The van der Waals surface area contributed by atoms with Crippen molar-refractivity contribution in [2.75, 3.05) is 0 Å². The second-order valence-electron chi connectivity index (χ2n) is 2.14. The van der Waals surface area contributed by atoms with E-state index in [4.69, 9.17) is 23.2 Å². The molecule has 1 unspecified atom stereocenters. The monoisotopic (exact) mass is 190 g/mol. The molecule has 0 nitrogen and oxygen atoms in total. The van der Waals surface area contributed by atoms with E-state index in [0.29, 0.717) is 0 Å². The zero-order valence-corrected chi connectivity index (χ0v) is 9.15. The van der Waals surface area contributed by atoms with Crippen LogP contribution in [0, 0.1) is 0 Å². The van der Waals surface area contributed by atoms with E-state index < -0.39 is 0 Å². The summed E-state index contributed by atoms with van der Waals surface area (Å²) in [5.74, 6) is 0. The fourth-order valence-corrected chi connectivity index (χ4v) is 2.03. The van der Waals surface area contributed by atoms with E-state index in [1.165, 1.54) is 0 Å². The summed E-state index contributed by atoms with van der Waals surface area (Å²) in [5.41, 5.74) is 1.05. The van der Waals surface area contributed by atoms with Crippen molar-refractivity contribution in [3.8, 4) is 0 Å². The Balaban J connectivity index is 3.03. The molecule has 0 bridgehead atoms. The van der Waals surface area contributed by atoms with Gasteiger partial charge < -0.3 is 0 Å². The molecule has 0 saturated carbocycles. The number of hydrogen-bond donors (Lipinski definition) is 0. The van der Waals surface area contributed by atoms with E-state index in [2.05, 4.69) is 0 Å². The molecule has 0 spiro atoms. The largest absolute Gasteiger partial charge is 0.123 e. The third kappa shape index (κ3) is 1.75. The lowest BCUT2D eigenvalue weighted by Crippen LogP contribution is -1.88. The Kier molecular flexibility index (Phi) is 2.78. The van der Waals surface area contributed by atoms with E-state index in [-0.39, 0.29) is 5.00 Å². The molecule has 0 fully saturated rings. The van der Waals surface area contributed by atoms with Crippen molar-refractivity contribution < 1.29 is 0 Å².